The first-order chi connectivity index (χ1) is 11.6. The number of carbonyl (C=O) groups is 1. The van der Waals surface area contributed by atoms with Crippen LogP contribution >= 0.6 is 23.2 Å². The van der Waals surface area contributed by atoms with Crippen molar-refractivity contribution in [3.05, 3.63) is 63.8 Å². The maximum Gasteiger partial charge on any atom is 0.374 e. The molecule has 0 amide bonds. The van der Waals surface area contributed by atoms with Crippen molar-refractivity contribution in [2.24, 2.45) is 0 Å². The van der Waals surface area contributed by atoms with E-state index in [4.69, 9.17) is 37.1 Å². The van der Waals surface area contributed by atoms with Crippen molar-refractivity contribution < 1.29 is 18.7 Å². The molecule has 6 heteroatoms. The second kappa shape index (κ2) is 7.16. The summed E-state index contributed by atoms with van der Waals surface area (Å²) in [7, 11) is 0. The normalized spacial score (nSPS) is 10.8. The molecule has 1 heterocycles. The Morgan fingerprint density at radius 1 is 1.12 bits per heavy atom. The standard InChI is InChI=1S/C18H14Cl2O4/c1-11-13-4-2-3-5-15(13)24-17(11)18(21)23-9-8-22-16-7-6-12(19)10-14(16)20/h2-7,10H,8-9H2,1H3. The molecule has 0 saturated carbocycles. The molecule has 0 bridgehead atoms. The van der Waals surface area contributed by atoms with Crippen LogP contribution in [0.15, 0.2) is 46.9 Å². The number of furan rings is 1. The molecule has 3 rings (SSSR count). The molecule has 0 atom stereocenters. The quantitative estimate of drug-likeness (QED) is 0.456. The Hall–Kier alpha value is -2.17. The van der Waals surface area contributed by atoms with E-state index in [9.17, 15) is 4.79 Å². The first-order valence-corrected chi connectivity index (χ1v) is 8.05. The lowest BCUT2D eigenvalue weighted by atomic mass is 10.1. The fourth-order valence-corrected chi connectivity index (χ4v) is 2.78. The number of aryl methyl sites for hydroxylation is 1. The van der Waals surface area contributed by atoms with Crippen LogP contribution in [0.4, 0.5) is 0 Å². The fraction of sp³-hybridized carbons (Fsp3) is 0.167. The third-order valence-electron chi connectivity index (χ3n) is 3.50. The third kappa shape index (κ3) is 3.50. The molecule has 0 spiro atoms. The molecule has 0 aliphatic heterocycles. The van der Waals surface area contributed by atoms with Crippen LogP contribution in [0.5, 0.6) is 5.75 Å². The number of rotatable bonds is 5. The van der Waals surface area contributed by atoms with Crippen LogP contribution in [0.1, 0.15) is 16.1 Å². The SMILES string of the molecule is Cc1c(C(=O)OCCOc2ccc(Cl)cc2Cl)oc2ccccc12. The molecule has 0 N–H and O–H groups in total. The second-order valence-electron chi connectivity index (χ2n) is 5.11. The van der Waals surface area contributed by atoms with Gasteiger partial charge >= 0.3 is 5.97 Å². The Kier molecular flexibility index (Phi) is 4.97. The highest BCUT2D eigenvalue weighted by atomic mass is 35.5. The van der Waals surface area contributed by atoms with Gasteiger partial charge in [0.2, 0.25) is 5.76 Å². The molecule has 0 fully saturated rings. The first kappa shape index (κ1) is 16.7. The van der Waals surface area contributed by atoms with Crippen molar-refractivity contribution in [3.8, 4) is 5.75 Å². The summed E-state index contributed by atoms with van der Waals surface area (Å²) in [5.74, 6) is 0.173. The molecule has 0 radical (unpaired) electrons. The second-order valence-corrected chi connectivity index (χ2v) is 5.96. The Bertz CT molecular complexity index is 886. The average Bonchev–Trinajstić information content (AvgIpc) is 2.90. The lowest BCUT2D eigenvalue weighted by Gasteiger charge is -2.08. The van der Waals surface area contributed by atoms with E-state index in [0.717, 1.165) is 10.9 Å². The van der Waals surface area contributed by atoms with E-state index in [1.807, 2.05) is 31.2 Å². The Labute approximate surface area is 148 Å². The summed E-state index contributed by atoms with van der Waals surface area (Å²) in [6, 6.07) is 12.4. The van der Waals surface area contributed by atoms with E-state index >= 15 is 0 Å². The van der Waals surface area contributed by atoms with Gasteiger partial charge in [-0.3, -0.25) is 0 Å². The molecule has 3 aromatic rings. The molecule has 0 aliphatic rings. The monoisotopic (exact) mass is 364 g/mol. The fourth-order valence-electron chi connectivity index (χ4n) is 2.31. The van der Waals surface area contributed by atoms with Gasteiger partial charge in [0.05, 0.1) is 5.02 Å². The summed E-state index contributed by atoms with van der Waals surface area (Å²) >= 11 is 11.8. The molecular weight excluding hydrogens is 351 g/mol. The number of hydrogen-bond donors (Lipinski definition) is 0. The average molecular weight is 365 g/mol. The van der Waals surface area contributed by atoms with Crippen LogP contribution < -0.4 is 4.74 Å². The highest BCUT2D eigenvalue weighted by Gasteiger charge is 2.18. The number of benzene rings is 2. The molecule has 124 valence electrons. The molecule has 1 aromatic heterocycles. The zero-order chi connectivity index (χ0) is 17.1. The van der Waals surface area contributed by atoms with Gasteiger partial charge in [-0.1, -0.05) is 41.4 Å². The Morgan fingerprint density at radius 2 is 1.92 bits per heavy atom. The van der Waals surface area contributed by atoms with E-state index in [-0.39, 0.29) is 19.0 Å². The highest BCUT2D eigenvalue weighted by molar-refractivity contribution is 6.35. The van der Waals surface area contributed by atoms with Crippen molar-refractivity contribution in [1.82, 2.24) is 0 Å². The summed E-state index contributed by atoms with van der Waals surface area (Å²) in [6.45, 7) is 2.08. The number of esters is 1. The Morgan fingerprint density at radius 3 is 2.67 bits per heavy atom. The van der Waals surface area contributed by atoms with E-state index in [0.29, 0.717) is 21.4 Å². The van der Waals surface area contributed by atoms with Gasteiger partial charge in [0.15, 0.2) is 0 Å². The number of halogens is 2. The molecule has 4 nitrogen and oxygen atoms in total. The predicted octanol–water partition coefficient (Wildman–Crippen LogP) is 5.28. The van der Waals surface area contributed by atoms with Crippen LogP contribution in [0.25, 0.3) is 11.0 Å². The van der Waals surface area contributed by atoms with E-state index in [2.05, 4.69) is 0 Å². The number of carbonyl (C=O) groups excluding carboxylic acids is 1. The highest BCUT2D eigenvalue weighted by Crippen LogP contribution is 2.28. The van der Waals surface area contributed by atoms with Crippen LogP contribution in [-0.2, 0) is 4.74 Å². The molecule has 0 unspecified atom stereocenters. The van der Waals surface area contributed by atoms with Crippen molar-refractivity contribution in [3.63, 3.8) is 0 Å². The third-order valence-corrected chi connectivity index (χ3v) is 4.03. The molecule has 2 aromatic carbocycles. The molecular formula is C18H14Cl2O4. The van der Waals surface area contributed by atoms with Crippen LogP contribution in [-0.4, -0.2) is 19.2 Å². The van der Waals surface area contributed by atoms with Gasteiger partial charge in [-0.05, 0) is 31.2 Å². The maximum atomic E-state index is 12.1. The number of fused-ring (bicyclic) bond motifs is 1. The zero-order valence-electron chi connectivity index (χ0n) is 12.8. The molecule has 0 aliphatic carbocycles. The number of hydrogen-bond acceptors (Lipinski definition) is 4. The zero-order valence-corrected chi connectivity index (χ0v) is 14.4. The first-order valence-electron chi connectivity index (χ1n) is 7.29. The largest absolute Gasteiger partial charge is 0.488 e. The van der Waals surface area contributed by atoms with Gasteiger partial charge in [0.1, 0.15) is 24.5 Å². The minimum Gasteiger partial charge on any atom is -0.488 e. The van der Waals surface area contributed by atoms with Gasteiger partial charge < -0.3 is 13.9 Å². The molecule has 24 heavy (non-hydrogen) atoms. The van der Waals surface area contributed by atoms with E-state index in [1.165, 1.54) is 0 Å². The predicted molar refractivity (Wildman–Crippen MR) is 93.2 cm³/mol. The topological polar surface area (TPSA) is 48.7 Å². The van der Waals surface area contributed by atoms with Gasteiger partial charge in [-0.15, -0.1) is 0 Å². The minimum absolute atomic E-state index is 0.0777. The van der Waals surface area contributed by atoms with Crippen molar-refractivity contribution in [1.29, 1.82) is 0 Å². The van der Waals surface area contributed by atoms with Crippen LogP contribution in [0.3, 0.4) is 0 Å². The molecule has 0 saturated heterocycles. The number of ether oxygens (including phenoxy) is 2. The Balaban J connectivity index is 1.58. The van der Waals surface area contributed by atoms with Crippen molar-refractivity contribution >= 4 is 40.1 Å². The van der Waals surface area contributed by atoms with Gasteiger partial charge in [-0.25, -0.2) is 4.79 Å². The van der Waals surface area contributed by atoms with E-state index < -0.39 is 5.97 Å². The van der Waals surface area contributed by atoms with Gasteiger partial charge in [0, 0.05) is 16.0 Å². The van der Waals surface area contributed by atoms with E-state index in [1.54, 1.807) is 18.2 Å². The van der Waals surface area contributed by atoms with Crippen molar-refractivity contribution in [2.45, 2.75) is 6.92 Å². The van der Waals surface area contributed by atoms with Crippen molar-refractivity contribution in [2.75, 3.05) is 13.2 Å². The minimum atomic E-state index is -0.519. The summed E-state index contributed by atoms with van der Waals surface area (Å²) in [4.78, 5) is 12.1. The summed E-state index contributed by atoms with van der Waals surface area (Å²) in [5.41, 5.74) is 1.42. The smallest absolute Gasteiger partial charge is 0.374 e. The van der Waals surface area contributed by atoms with Crippen LogP contribution in [0, 0.1) is 6.92 Å². The summed E-state index contributed by atoms with van der Waals surface area (Å²) < 4.78 is 16.2. The summed E-state index contributed by atoms with van der Waals surface area (Å²) in [6.07, 6.45) is 0. The van der Waals surface area contributed by atoms with Gasteiger partial charge in [-0.2, -0.15) is 0 Å². The number of para-hydroxylation sites is 1. The lowest BCUT2D eigenvalue weighted by Crippen LogP contribution is -2.12. The van der Waals surface area contributed by atoms with Gasteiger partial charge in [0.25, 0.3) is 0 Å². The van der Waals surface area contributed by atoms with Crippen LogP contribution in [0.2, 0.25) is 10.0 Å². The lowest BCUT2D eigenvalue weighted by molar-refractivity contribution is 0.0416. The summed E-state index contributed by atoms with van der Waals surface area (Å²) in [5, 5.41) is 1.83. The maximum absolute atomic E-state index is 12.1.